The molecule has 4 heteroatoms. The van der Waals surface area contributed by atoms with Crippen LogP contribution in [0.5, 0.6) is 0 Å². The van der Waals surface area contributed by atoms with Gasteiger partial charge in [0.05, 0.1) is 18.4 Å². The number of aromatic nitrogens is 2. The molecule has 0 bridgehead atoms. The molecule has 90 valence electrons. The van der Waals surface area contributed by atoms with E-state index in [0.717, 1.165) is 24.6 Å². The van der Waals surface area contributed by atoms with E-state index in [1.807, 2.05) is 11.1 Å². The van der Waals surface area contributed by atoms with Gasteiger partial charge < -0.3 is 10.2 Å². The Morgan fingerprint density at radius 1 is 1.53 bits per heavy atom. The number of nitrogens with one attached hydrogen (secondary N) is 1. The van der Waals surface area contributed by atoms with Crippen LogP contribution in [0.1, 0.15) is 25.5 Å². The molecule has 0 spiro atoms. The van der Waals surface area contributed by atoms with Gasteiger partial charge in [0.25, 0.3) is 0 Å². The summed E-state index contributed by atoms with van der Waals surface area (Å²) in [6.45, 7) is 4.27. The van der Waals surface area contributed by atoms with Crippen molar-refractivity contribution >= 4 is 5.82 Å². The molecule has 1 aromatic heterocycles. The molecule has 1 N–H and O–H groups in total. The van der Waals surface area contributed by atoms with Gasteiger partial charge in [-0.05, 0) is 19.8 Å². The molecule has 1 aliphatic carbocycles. The van der Waals surface area contributed by atoms with Crippen LogP contribution < -0.4 is 10.2 Å². The van der Waals surface area contributed by atoms with Crippen molar-refractivity contribution in [1.29, 1.82) is 0 Å². The molecule has 1 fully saturated rings. The molecule has 0 amide bonds. The first-order valence-corrected chi connectivity index (χ1v) is 6.06. The van der Waals surface area contributed by atoms with Gasteiger partial charge in [0.15, 0.2) is 0 Å². The first-order valence-electron chi connectivity index (χ1n) is 6.06. The number of hydrogen-bond acceptors (Lipinski definition) is 4. The predicted octanol–water partition coefficient (Wildman–Crippen LogP) is 1.19. The van der Waals surface area contributed by atoms with Crippen LogP contribution in [0.3, 0.4) is 0 Å². The molecule has 2 rings (SSSR count). The highest BCUT2D eigenvalue weighted by molar-refractivity contribution is 5.37. The Balaban J connectivity index is 2.01. The van der Waals surface area contributed by atoms with Crippen molar-refractivity contribution in [3.05, 3.63) is 18.1 Å². The lowest BCUT2D eigenvalue weighted by atomic mass is 10.4. The van der Waals surface area contributed by atoms with Crippen LogP contribution in [0.4, 0.5) is 5.82 Å². The van der Waals surface area contributed by atoms with Crippen molar-refractivity contribution < 1.29 is 0 Å². The summed E-state index contributed by atoms with van der Waals surface area (Å²) in [4.78, 5) is 10.8. The van der Waals surface area contributed by atoms with E-state index >= 15 is 0 Å². The Bertz CT molecular complexity index is 406. The predicted molar refractivity (Wildman–Crippen MR) is 68.6 cm³/mol. The molecule has 0 atom stereocenters. The summed E-state index contributed by atoms with van der Waals surface area (Å²) in [7, 11) is 0. The second kappa shape index (κ2) is 5.65. The van der Waals surface area contributed by atoms with Crippen molar-refractivity contribution in [1.82, 2.24) is 15.3 Å². The Hall–Kier alpha value is -1.60. The zero-order valence-electron chi connectivity index (χ0n) is 10.2. The fourth-order valence-corrected chi connectivity index (χ4v) is 1.63. The lowest BCUT2D eigenvalue weighted by Gasteiger charge is -2.19. The minimum absolute atomic E-state index is 0.574. The molecular formula is C13H18N4. The van der Waals surface area contributed by atoms with Crippen LogP contribution in [-0.2, 0) is 6.54 Å². The molecule has 1 aliphatic rings. The monoisotopic (exact) mass is 230 g/mol. The zero-order valence-corrected chi connectivity index (χ0v) is 10.2. The Morgan fingerprint density at radius 2 is 2.35 bits per heavy atom. The summed E-state index contributed by atoms with van der Waals surface area (Å²) in [5, 5.41) is 3.43. The van der Waals surface area contributed by atoms with E-state index in [4.69, 9.17) is 6.42 Å². The maximum atomic E-state index is 5.33. The quantitative estimate of drug-likeness (QED) is 0.745. The van der Waals surface area contributed by atoms with Crippen LogP contribution in [0.2, 0.25) is 0 Å². The highest BCUT2D eigenvalue weighted by Crippen LogP contribution is 2.19. The van der Waals surface area contributed by atoms with E-state index in [1.165, 1.54) is 12.8 Å². The van der Waals surface area contributed by atoms with E-state index in [2.05, 4.69) is 28.1 Å². The fraction of sp³-hybridized carbons (Fsp3) is 0.538. The fourth-order valence-electron chi connectivity index (χ4n) is 1.63. The Morgan fingerprint density at radius 3 is 3.00 bits per heavy atom. The average molecular weight is 230 g/mol. The number of hydrogen-bond donors (Lipinski definition) is 1. The Labute approximate surface area is 102 Å². The number of nitrogens with zero attached hydrogens (tertiary/aromatic N) is 3. The van der Waals surface area contributed by atoms with Gasteiger partial charge in [-0.2, -0.15) is 0 Å². The highest BCUT2D eigenvalue weighted by Gasteiger charge is 2.20. The molecule has 0 saturated heterocycles. The van der Waals surface area contributed by atoms with Gasteiger partial charge in [-0.1, -0.05) is 5.92 Å². The molecule has 1 saturated carbocycles. The summed E-state index contributed by atoms with van der Waals surface area (Å²) >= 11 is 0. The SMILES string of the molecule is C#CCN(CC)c1cncc(CNC2CC2)n1. The van der Waals surface area contributed by atoms with Gasteiger partial charge in [-0.15, -0.1) is 6.42 Å². The van der Waals surface area contributed by atoms with Crippen LogP contribution in [0, 0.1) is 12.3 Å². The first kappa shape index (κ1) is 11.9. The van der Waals surface area contributed by atoms with E-state index in [-0.39, 0.29) is 0 Å². The van der Waals surface area contributed by atoms with E-state index in [0.29, 0.717) is 12.6 Å². The van der Waals surface area contributed by atoms with Gasteiger partial charge in [-0.25, -0.2) is 4.98 Å². The highest BCUT2D eigenvalue weighted by atomic mass is 15.2. The molecule has 4 nitrogen and oxygen atoms in total. The molecule has 1 aromatic rings. The van der Waals surface area contributed by atoms with E-state index < -0.39 is 0 Å². The normalized spacial score (nSPS) is 14.4. The van der Waals surface area contributed by atoms with E-state index in [1.54, 1.807) is 6.20 Å². The summed E-state index contributed by atoms with van der Waals surface area (Å²) < 4.78 is 0. The van der Waals surface area contributed by atoms with Crippen LogP contribution in [0.25, 0.3) is 0 Å². The van der Waals surface area contributed by atoms with Gasteiger partial charge >= 0.3 is 0 Å². The second-order valence-corrected chi connectivity index (χ2v) is 4.24. The number of rotatable bonds is 6. The largest absolute Gasteiger partial charge is 0.344 e. The van der Waals surface area contributed by atoms with Gasteiger partial charge in [-0.3, -0.25) is 4.98 Å². The summed E-state index contributed by atoms with van der Waals surface area (Å²) in [5.74, 6) is 3.50. The van der Waals surface area contributed by atoms with Gasteiger partial charge in [0.1, 0.15) is 5.82 Å². The van der Waals surface area contributed by atoms with E-state index in [9.17, 15) is 0 Å². The summed E-state index contributed by atoms with van der Waals surface area (Å²) in [6, 6.07) is 0.688. The molecule has 17 heavy (non-hydrogen) atoms. The molecule has 1 heterocycles. The van der Waals surface area contributed by atoms with Gasteiger partial charge in [0.2, 0.25) is 0 Å². The Kier molecular flexibility index (Phi) is 3.94. The maximum absolute atomic E-state index is 5.33. The minimum atomic E-state index is 0.574. The van der Waals surface area contributed by atoms with Crippen molar-refractivity contribution in [3.63, 3.8) is 0 Å². The van der Waals surface area contributed by atoms with Crippen molar-refractivity contribution in [2.24, 2.45) is 0 Å². The van der Waals surface area contributed by atoms with Crippen molar-refractivity contribution in [3.8, 4) is 12.3 Å². The van der Waals surface area contributed by atoms with Crippen LogP contribution in [0.15, 0.2) is 12.4 Å². The summed E-state index contributed by atoms with van der Waals surface area (Å²) in [5.41, 5.74) is 0.977. The molecular weight excluding hydrogens is 212 g/mol. The van der Waals surface area contributed by atoms with Crippen molar-refractivity contribution in [2.45, 2.75) is 32.4 Å². The maximum Gasteiger partial charge on any atom is 0.148 e. The first-order chi connectivity index (χ1) is 8.33. The van der Waals surface area contributed by atoms with Crippen molar-refractivity contribution in [2.75, 3.05) is 18.0 Å². The average Bonchev–Trinajstić information content (AvgIpc) is 3.18. The summed E-state index contributed by atoms with van der Waals surface area (Å²) in [6.07, 6.45) is 11.5. The lowest BCUT2D eigenvalue weighted by Crippen LogP contribution is -2.25. The molecule has 0 unspecified atom stereocenters. The van der Waals surface area contributed by atoms with Crippen LogP contribution in [-0.4, -0.2) is 29.1 Å². The molecule has 0 aromatic carbocycles. The molecule has 0 aliphatic heterocycles. The smallest absolute Gasteiger partial charge is 0.148 e. The molecule has 0 radical (unpaired) electrons. The second-order valence-electron chi connectivity index (χ2n) is 4.24. The number of anilines is 1. The minimum Gasteiger partial charge on any atom is -0.344 e. The van der Waals surface area contributed by atoms with Crippen LogP contribution >= 0.6 is 0 Å². The van der Waals surface area contributed by atoms with Gasteiger partial charge in [0, 0.05) is 25.3 Å². The lowest BCUT2D eigenvalue weighted by molar-refractivity contribution is 0.670. The third-order valence-corrected chi connectivity index (χ3v) is 2.81. The topological polar surface area (TPSA) is 41.1 Å². The standard InChI is InChI=1S/C13H18N4/c1-3-7-17(4-2)13-10-14-8-12(16-13)9-15-11-5-6-11/h1,8,10-11,15H,4-7,9H2,2H3. The third-order valence-electron chi connectivity index (χ3n) is 2.81. The third kappa shape index (κ3) is 3.43. The zero-order chi connectivity index (χ0) is 12.1. The number of terminal acetylenes is 1.